The number of piperidine rings is 1. The van der Waals surface area contributed by atoms with Crippen molar-refractivity contribution in [3.8, 4) is 0 Å². The monoisotopic (exact) mass is 373 g/mol. The minimum absolute atomic E-state index is 0.198. The van der Waals surface area contributed by atoms with Gasteiger partial charge in [-0.1, -0.05) is 12.1 Å². The highest BCUT2D eigenvalue weighted by Crippen LogP contribution is 2.48. The smallest absolute Gasteiger partial charge is 0.248 e. The molecule has 0 radical (unpaired) electrons. The van der Waals surface area contributed by atoms with Gasteiger partial charge in [-0.05, 0) is 73.1 Å². The lowest BCUT2D eigenvalue weighted by Gasteiger charge is -2.49. The van der Waals surface area contributed by atoms with Crippen LogP contribution in [0.2, 0.25) is 0 Å². The number of carbonyl (C=O) groups is 1. The van der Waals surface area contributed by atoms with E-state index in [9.17, 15) is 9.90 Å². The van der Waals surface area contributed by atoms with Crippen molar-refractivity contribution in [1.29, 1.82) is 0 Å². The SMILES string of the molecule is CN(C)CC1CNCCC1(c1cccc(C(N)=O)c1)C(O)c1ccsc1. The number of thiophene rings is 1. The summed E-state index contributed by atoms with van der Waals surface area (Å²) >= 11 is 1.59. The molecule has 5 nitrogen and oxygen atoms in total. The molecule has 26 heavy (non-hydrogen) atoms. The van der Waals surface area contributed by atoms with Gasteiger partial charge in [0.1, 0.15) is 0 Å². The number of aliphatic hydroxyl groups is 1. The van der Waals surface area contributed by atoms with E-state index in [2.05, 4.69) is 24.3 Å². The number of benzene rings is 1. The number of primary amides is 1. The van der Waals surface area contributed by atoms with E-state index in [4.69, 9.17) is 5.73 Å². The highest BCUT2D eigenvalue weighted by molar-refractivity contribution is 7.07. The Morgan fingerprint density at radius 2 is 2.27 bits per heavy atom. The van der Waals surface area contributed by atoms with Gasteiger partial charge in [-0.15, -0.1) is 0 Å². The fourth-order valence-corrected chi connectivity index (χ4v) is 4.89. The van der Waals surface area contributed by atoms with Gasteiger partial charge in [0.05, 0.1) is 6.10 Å². The van der Waals surface area contributed by atoms with Crippen molar-refractivity contribution in [2.75, 3.05) is 33.7 Å². The number of nitrogens with two attached hydrogens (primary N) is 1. The molecule has 1 aliphatic heterocycles. The number of aliphatic hydroxyl groups excluding tert-OH is 1. The van der Waals surface area contributed by atoms with Crippen molar-refractivity contribution in [3.63, 3.8) is 0 Å². The topological polar surface area (TPSA) is 78.6 Å². The second-order valence-corrected chi connectivity index (χ2v) is 8.14. The molecule has 6 heteroatoms. The standard InChI is InChI=1S/C20H27N3O2S/c1-23(2)12-17-11-22-8-7-20(17,18(24)15-6-9-26-13-15)16-5-3-4-14(10-16)19(21)25/h3-6,9-10,13,17-18,22,24H,7-8,11-12H2,1-2H3,(H2,21,25). The molecule has 4 N–H and O–H groups in total. The molecule has 1 aromatic carbocycles. The molecule has 3 atom stereocenters. The zero-order chi connectivity index (χ0) is 18.7. The van der Waals surface area contributed by atoms with Gasteiger partial charge in [-0.2, -0.15) is 11.3 Å². The summed E-state index contributed by atoms with van der Waals surface area (Å²) in [4.78, 5) is 13.9. The maximum atomic E-state index is 11.7. The van der Waals surface area contributed by atoms with E-state index in [1.54, 1.807) is 17.4 Å². The van der Waals surface area contributed by atoms with Crippen LogP contribution in [0.15, 0.2) is 41.1 Å². The molecule has 0 aliphatic carbocycles. The fourth-order valence-electron chi connectivity index (χ4n) is 4.21. The lowest BCUT2D eigenvalue weighted by Crippen LogP contribution is -2.54. The Morgan fingerprint density at radius 1 is 1.46 bits per heavy atom. The number of hydrogen-bond acceptors (Lipinski definition) is 5. The van der Waals surface area contributed by atoms with Gasteiger partial charge in [0.2, 0.25) is 5.91 Å². The van der Waals surface area contributed by atoms with Crippen LogP contribution in [0, 0.1) is 5.92 Å². The van der Waals surface area contributed by atoms with Crippen LogP contribution in [0.3, 0.4) is 0 Å². The third kappa shape index (κ3) is 3.55. The van der Waals surface area contributed by atoms with E-state index >= 15 is 0 Å². The Bertz CT molecular complexity index is 747. The molecular weight excluding hydrogens is 346 g/mol. The average Bonchev–Trinajstić information content (AvgIpc) is 3.16. The summed E-state index contributed by atoms with van der Waals surface area (Å²) in [6.07, 6.45) is 0.161. The molecule has 0 saturated carbocycles. The molecule has 1 saturated heterocycles. The van der Waals surface area contributed by atoms with Crippen molar-refractivity contribution in [2.24, 2.45) is 11.7 Å². The summed E-state index contributed by atoms with van der Waals surface area (Å²) in [5.74, 6) is -0.241. The number of rotatable bonds is 6. The molecule has 1 aliphatic rings. The number of nitrogens with one attached hydrogen (secondary N) is 1. The van der Waals surface area contributed by atoms with Gasteiger partial charge in [-0.3, -0.25) is 4.79 Å². The Kier molecular flexibility index (Phi) is 5.77. The summed E-state index contributed by atoms with van der Waals surface area (Å²) in [5.41, 5.74) is 7.46. The van der Waals surface area contributed by atoms with Crippen LogP contribution in [-0.4, -0.2) is 49.6 Å². The molecular formula is C20H27N3O2S. The van der Waals surface area contributed by atoms with Crippen LogP contribution < -0.4 is 11.1 Å². The summed E-state index contributed by atoms with van der Waals surface area (Å²) in [6.45, 7) is 2.49. The molecule has 1 aromatic heterocycles. The Hall–Kier alpha value is -1.73. The maximum Gasteiger partial charge on any atom is 0.248 e. The van der Waals surface area contributed by atoms with Crippen molar-refractivity contribution in [1.82, 2.24) is 10.2 Å². The van der Waals surface area contributed by atoms with Crippen LogP contribution >= 0.6 is 11.3 Å². The van der Waals surface area contributed by atoms with E-state index in [-0.39, 0.29) is 5.92 Å². The predicted octanol–water partition coefficient (Wildman–Crippen LogP) is 1.99. The molecule has 3 rings (SSSR count). The van der Waals surface area contributed by atoms with E-state index in [0.717, 1.165) is 37.2 Å². The molecule has 1 fully saturated rings. The number of hydrogen-bond donors (Lipinski definition) is 3. The van der Waals surface area contributed by atoms with Gasteiger partial charge in [-0.25, -0.2) is 0 Å². The Morgan fingerprint density at radius 3 is 2.92 bits per heavy atom. The van der Waals surface area contributed by atoms with Gasteiger partial charge in [0, 0.05) is 24.1 Å². The molecule has 1 amide bonds. The summed E-state index contributed by atoms with van der Waals surface area (Å²) < 4.78 is 0. The Labute approximate surface area is 158 Å². The molecule has 2 aromatic rings. The minimum Gasteiger partial charge on any atom is -0.387 e. The van der Waals surface area contributed by atoms with Crippen molar-refractivity contribution < 1.29 is 9.90 Å². The van der Waals surface area contributed by atoms with Gasteiger partial charge in [0.15, 0.2) is 0 Å². The minimum atomic E-state index is -0.635. The van der Waals surface area contributed by atoms with E-state index < -0.39 is 17.4 Å². The molecule has 3 unspecified atom stereocenters. The van der Waals surface area contributed by atoms with Crippen LogP contribution in [-0.2, 0) is 5.41 Å². The summed E-state index contributed by atoms with van der Waals surface area (Å²) in [5, 5.41) is 19.0. The van der Waals surface area contributed by atoms with Crippen LogP contribution in [0.4, 0.5) is 0 Å². The third-order valence-corrected chi connectivity index (χ3v) is 6.15. The zero-order valence-electron chi connectivity index (χ0n) is 15.3. The molecule has 0 bridgehead atoms. The predicted molar refractivity (Wildman–Crippen MR) is 105 cm³/mol. The highest BCUT2D eigenvalue weighted by atomic mass is 32.1. The summed E-state index contributed by atoms with van der Waals surface area (Å²) in [7, 11) is 4.10. The first-order valence-electron chi connectivity index (χ1n) is 8.91. The lowest BCUT2D eigenvalue weighted by atomic mass is 9.61. The third-order valence-electron chi connectivity index (χ3n) is 5.45. The number of nitrogens with zero attached hydrogens (tertiary/aromatic N) is 1. The van der Waals surface area contributed by atoms with Crippen LogP contribution in [0.5, 0.6) is 0 Å². The van der Waals surface area contributed by atoms with E-state index in [0.29, 0.717) is 5.56 Å². The van der Waals surface area contributed by atoms with Gasteiger partial charge >= 0.3 is 0 Å². The first-order valence-corrected chi connectivity index (χ1v) is 9.85. The average molecular weight is 374 g/mol. The zero-order valence-corrected chi connectivity index (χ0v) is 16.1. The van der Waals surface area contributed by atoms with Gasteiger partial charge < -0.3 is 21.1 Å². The lowest BCUT2D eigenvalue weighted by molar-refractivity contribution is 0.0103. The van der Waals surface area contributed by atoms with Gasteiger partial charge in [0.25, 0.3) is 0 Å². The second-order valence-electron chi connectivity index (χ2n) is 7.36. The second kappa shape index (κ2) is 7.88. The van der Waals surface area contributed by atoms with E-state index in [1.165, 1.54) is 0 Å². The summed E-state index contributed by atoms with van der Waals surface area (Å²) in [6, 6.07) is 9.48. The molecule has 140 valence electrons. The largest absolute Gasteiger partial charge is 0.387 e. The number of carbonyl (C=O) groups excluding carboxylic acids is 1. The van der Waals surface area contributed by atoms with Crippen molar-refractivity contribution >= 4 is 17.2 Å². The molecule has 2 heterocycles. The first kappa shape index (κ1) is 19.0. The normalized spacial score (nSPS) is 24.5. The molecule has 0 spiro atoms. The van der Waals surface area contributed by atoms with Crippen molar-refractivity contribution in [2.45, 2.75) is 17.9 Å². The van der Waals surface area contributed by atoms with Crippen molar-refractivity contribution in [3.05, 3.63) is 57.8 Å². The van der Waals surface area contributed by atoms with E-state index in [1.807, 2.05) is 35.0 Å². The van der Waals surface area contributed by atoms with Crippen LogP contribution in [0.1, 0.15) is 34.0 Å². The maximum absolute atomic E-state index is 11.7. The highest BCUT2D eigenvalue weighted by Gasteiger charge is 2.48. The number of amides is 1. The van der Waals surface area contributed by atoms with Crippen LogP contribution in [0.25, 0.3) is 0 Å². The first-order chi connectivity index (χ1) is 12.4. The quantitative estimate of drug-likeness (QED) is 0.724. The Balaban J connectivity index is 2.14. The fraction of sp³-hybridized carbons (Fsp3) is 0.450.